The van der Waals surface area contributed by atoms with Gasteiger partial charge in [0.2, 0.25) is 0 Å². The quantitative estimate of drug-likeness (QED) is 0.773. The minimum atomic E-state index is 0.727. The summed E-state index contributed by atoms with van der Waals surface area (Å²) in [6, 6.07) is 9.48. The van der Waals surface area contributed by atoms with Crippen LogP contribution in [0.15, 0.2) is 36.5 Å². The summed E-state index contributed by atoms with van der Waals surface area (Å²) in [5.74, 6) is 0.756. The summed E-state index contributed by atoms with van der Waals surface area (Å²) in [6.07, 6.45) is 2.71. The Kier molecular flexibility index (Phi) is 2.97. The first-order valence-corrected chi connectivity index (χ1v) is 5.25. The van der Waals surface area contributed by atoms with Crippen molar-refractivity contribution < 1.29 is 0 Å². The zero-order valence-corrected chi connectivity index (χ0v) is 9.20. The Hall–Kier alpha value is -1.41. The lowest BCUT2D eigenvalue weighted by atomic mass is 10.2. The Labute approximate surface area is 94.0 Å². The Balaban J connectivity index is 2.40. The topological polar surface area (TPSA) is 25.8 Å². The fraction of sp³-hybridized carbons (Fsp3) is 0.167. The maximum absolute atomic E-state index is 5.82. The molecule has 0 fully saturated rings. The van der Waals surface area contributed by atoms with Crippen LogP contribution in [0.2, 0.25) is 5.02 Å². The zero-order chi connectivity index (χ0) is 10.7. The monoisotopic (exact) mass is 218 g/mol. The molecule has 3 heteroatoms. The van der Waals surface area contributed by atoms with Gasteiger partial charge in [0.05, 0.1) is 0 Å². The van der Waals surface area contributed by atoms with Gasteiger partial charge in [0.15, 0.2) is 5.82 Å². The van der Waals surface area contributed by atoms with Crippen molar-refractivity contribution in [2.45, 2.75) is 13.3 Å². The van der Waals surface area contributed by atoms with Gasteiger partial charge in [0, 0.05) is 22.5 Å². The summed E-state index contributed by atoms with van der Waals surface area (Å²) in [7, 11) is 0. The van der Waals surface area contributed by atoms with E-state index < -0.39 is 0 Å². The van der Waals surface area contributed by atoms with Gasteiger partial charge in [-0.05, 0) is 36.8 Å². The van der Waals surface area contributed by atoms with E-state index in [9.17, 15) is 0 Å². The average Bonchev–Trinajstić information content (AvgIpc) is 2.30. The predicted molar refractivity (Wildman–Crippen MR) is 61.9 cm³/mol. The normalized spacial score (nSPS) is 10.3. The molecule has 0 amide bonds. The second kappa shape index (κ2) is 4.41. The molecule has 0 aliphatic carbocycles. The first-order chi connectivity index (χ1) is 7.29. The first kappa shape index (κ1) is 10.1. The third kappa shape index (κ3) is 2.34. The molecule has 2 rings (SSSR count). The van der Waals surface area contributed by atoms with Crippen molar-refractivity contribution in [1.82, 2.24) is 9.97 Å². The summed E-state index contributed by atoms with van der Waals surface area (Å²) in [5, 5.41) is 0.727. The van der Waals surface area contributed by atoms with Crippen molar-refractivity contribution in [1.29, 1.82) is 0 Å². The van der Waals surface area contributed by atoms with E-state index in [2.05, 4.69) is 16.9 Å². The molecule has 0 saturated carbocycles. The van der Waals surface area contributed by atoms with Crippen LogP contribution in [0.5, 0.6) is 0 Å². The SMILES string of the molecule is CCc1ccnc(-c2ccc(Cl)cc2)n1. The third-order valence-electron chi connectivity index (χ3n) is 2.18. The number of hydrogen-bond acceptors (Lipinski definition) is 2. The van der Waals surface area contributed by atoms with E-state index in [1.54, 1.807) is 6.20 Å². The molecule has 0 N–H and O–H groups in total. The molecular weight excluding hydrogens is 208 g/mol. The van der Waals surface area contributed by atoms with E-state index in [1.807, 2.05) is 30.3 Å². The summed E-state index contributed by atoms with van der Waals surface area (Å²) < 4.78 is 0. The fourth-order valence-electron chi connectivity index (χ4n) is 1.33. The van der Waals surface area contributed by atoms with Crippen molar-refractivity contribution in [3.05, 3.63) is 47.2 Å². The van der Waals surface area contributed by atoms with Crippen LogP contribution >= 0.6 is 11.6 Å². The van der Waals surface area contributed by atoms with Crippen LogP contribution in [0.4, 0.5) is 0 Å². The van der Waals surface area contributed by atoms with E-state index in [1.165, 1.54) is 0 Å². The maximum Gasteiger partial charge on any atom is 0.159 e. The van der Waals surface area contributed by atoms with Crippen LogP contribution in [0.25, 0.3) is 11.4 Å². The predicted octanol–water partition coefficient (Wildman–Crippen LogP) is 3.36. The van der Waals surface area contributed by atoms with Crippen molar-refractivity contribution in [3.63, 3.8) is 0 Å². The Bertz CT molecular complexity index is 451. The number of aromatic nitrogens is 2. The molecule has 1 aromatic heterocycles. The number of nitrogens with zero attached hydrogens (tertiary/aromatic N) is 2. The minimum Gasteiger partial charge on any atom is -0.237 e. The van der Waals surface area contributed by atoms with Crippen molar-refractivity contribution in [3.8, 4) is 11.4 Å². The molecule has 0 radical (unpaired) electrons. The van der Waals surface area contributed by atoms with Gasteiger partial charge < -0.3 is 0 Å². The molecule has 0 unspecified atom stereocenters. The third-order valence-corrected chi connectivity index (χ3v) is 2.43. The number of rotatable bonds is 2. The van der Waals surface area contributed by atoms with Gasteiger partial charge in [-0.15, -0.1) is 0 Å². The van der Waals surface area contributed by atoms with Crippen LogP contribution in [-0.2, 0) is 6.42 Å². The molecule has 15 heavy (non-hydrogen) atoms. The Morgan fingerprint density at radius 1 is 1.13 bits per heavy atom. The highest BCUT2D eigenvalue weighted by Gasteiger charge is 2.01. The van der Waals surface area contributed by atoms with Gasteiger partial charge in [0.25, 0.3) is 0 Å². The van der Waals surface area contributed by atoms with Crippen molar-refractivity contribution in [2.75, 3.05) is 0 Å². The smallest absolute Gasteiger partial charge is 0.159 e. The number of halogens is 1. The standard InChI is InChI=1S/C12H11ClN2/c1-2-11-7-8-14-12(15-11)9-3-5-10(13)6-4-9/h3-8H,2H2,1H3. The van der Waals surface area contributed by atoms with Gasteiger partial charge in [-0.3, -0.25) is 0 Å². The fourth-order valence-corrected chi connectivity index (χ4v) is 1.46. The molecule has 2 nitrogen and oxygen atoms in total. The highest BCUT2D eigenvalue weighted by Crippen LogP contribution is 2.17. The molecule has 0 aliphatic heterocycles. The lowest BCUT2D eigenvalue weighted by molar-refractivity contribution is 1.01. The largest absolute Gasteiger partial charge is 0.237 e. The van der Waals surface area contributed by atoms with Gasteiger partial charge in [-0.2, -0.15) is 0 Å². The van der Waals surface area contributed by atoms with E-state index in [4.69, 9.17) is 11.6 Å². The molecule has 0 bridgehead atoms. The van der Waals surface area contributed by atoms with Crippen molar-refractivity contribution >= 4 is 11.6 Å². The average molecular weight is 219 g/mol. The molecule has 2 aromatic rings. The summed E-state index contributed by atoms with van der Waals surface area (Å²) in [4.78, 5) is 8.67. The molecular formula is C12H11ClN2. The van der Waals surface area contributed by atoms with Gasteiger partial charge in [-0.25, -0.2) is 9.97 Å². The maximum atomic E-state index is 5.82. The highest BCUT2D eigenvalue weighted by atomic mass is 35.5. The summed E-state index contributed by atoms with van der Waals surface area (Å²) >= 11 is 5.82. The van der Waals surface area contributed by atoms with Crippen LogP contribution in [0, 0.1) is 0 Å². The van der Waals surface area contributed by atoms with Gasteiger partial charge in [0.1, 0.15) is 0 Å². The van der Waals surface area contributed by atoms with E-state index in [-0.39, 0.29) is 0 Å². The first-order valence-electron chi connectivity index (χ1n) is 4.87. The molecule has 76 valence electrons. The lowest BCUT2D eigenvalue weighted by Gasteiger charge is -2.01. The van der Waals surface area contributed by atoms with Gasteiger partial charge in [-0.1, -0.05) is 18.5 Å². The number of hydrogen-bond donors (Lipinski definition) is 0. The number of benzene rings is 1. The second-order valence-corrected chi connectivity index (χ2v) is 3.67. The Morgan fingerprint density at radius 2 is 1.87 bits per heavy atom. The summed E-state index contributed by atoms with van der Waals surface area (Å²) in [6.45, 7) is 2.08. The second-order valence-electron chi connectivity index (χ2n) is 3.23. The highest BCUT2D eigenvalue weighted by molar-refractivity contribution is 6.30. The summed E-state index contributed by atoms with van der Waals surface area (Å²) in [5.41, 5.74) is 2.05. The van der Waals surface area contributed by atoms with Gasteiger partial charge >= 0.3 is 0 Å². The van der Waals surface area contributed by atoms with Crippen LogP contribution in [0.1, 0.15) is 12.6 Å². The molecule has 0 spiro atoms. The van der Waals surface area contributed by atoms with E-state index >= 15 is 0 Å². The van der Waals surface area contributed by atoms with Crippen LogP contribution < -0.4 is 0 Å². The molecule has 0 aliphatic rings. The van der Waals surface area contributed by atoms with Crippen LogP contribution in [-0.4, -0.2) is 9.97 Å². The molecule has 1 heterocycles. The molecule has 1 aromatic carbocycles. The van der Waals surface area contributed by atoms with Crippen molar-refractivity contribution in [2.24, 2.45) is 0 Å². The lowest BCUT2D eigenvalue weighted by Crippen LogP contribution is -1.92. The van der Waals surface area contributed by atoms with E-state index in [0.29, 0.717) is 0 Å². The minimum absolute atomic E-state index is 0.727. The van der Waals surface area contributed by atoms with E-state index in [0.717, 1.165) is 28.5 Å². The Morgan fingerprint density at radius 3 is 2.53 bits per heavy atom. The van der Waals surface area contributed by atoms with Crippen LogP contribution in [0.3, 0.4) is 0 Å². The molecule has 0 atom stereocenters. The molecule has 0 saturated heterocycles. The number of aryl methyl sites for hydroxylation is 1. The zero-order valence-electron chi connectivity index (χ0n) is 8.44.